The van der Waals surface area contributed by atoms with Gasteiger partial charge in [-0.2, -0.15) is 21.6 Å². The predicted molar refractivity (Wildman–Crippen MR) is 96.4 cm³/mol. The average molecular weight is 450 g/mol. The maximum Gasteiger partial charge on any atom is 0.417 e. The molecule has 0 saturated heterocycles. The van der Waals surface area contributed by atoms with E-state index in [0.29, 0.717) is 6.07 Å². The first-order valence-electron chi connectivity index (χ1n) is 7.81. The van der Waals surface area contributed by atoms with Gasteiger partial charge in [0.25, 0.3) is 10.1 Å². The van der Waals surface area contributed by atoms with E-state index in [1.54, 1.807) is 27.7 Å². The van der Waals surface area contributed by atoms with E-state index in [9.17, 15) is 26.2 Å². The summed E-state index contributed by atoms with van der Waals surface area (Å²) in [7, 11) is -8.91. The molecule has 12 heteroatoms. The number of halogens is 3. The Hall–Kier alpha value is -0.580. The van der Waals surface area contributed by atoms with Crippen molar-refractivity contribution in [3.8, 4) is 0 Å². The Morgan fingerprint density at radius 2 is 1.63 bits per heavy atom. The maximum absolute atomic E-state index is 13.3. The van der Waals surface area contributed by atoms with Gasteiger partial charge in [0.1, 0.15) is 4.90 Å². The second kappa shape index (κ2) is 9.28. The summed E-state index contributed by atoms with van der Waals surface area (Å²) in [6.07, 6.45) is -5.67. The first-order chi connectivity index (χ1) is 12.2. The molecular weight excluding hydrogens is 428 g/mol. The van der Waals surface area contributed by atoms with Crippen LogP contribution in [-0.2, 0) is 34.1 Å². The Kier molecular flexibility index (Phi) is 8.40. The Morgan fingerprint density at radius 3 is 2.04 bits per heavy atom. The molecule has 0 bridgehead atoms. The number of benzene rings is 1. The van der Waals surface area contributed by atoms with Crippen molar-refractivity contribution in [1.82, 2.24) is 0 Å². The minimum atomic E-state index is -4.91. The first-order valence-corrected chi connectivity index (χ1v) is 12.2. The minimum absolute atomic E-state index is 0.144. The van der Waals surface area contributed by atoms with Crippen LogP contribution in [0.2, 0.25) is 0 Å². The van der Waals surface area contributed by atoms with Gasteiger partial charge >= 0.3 is 13.8 Å². The quantitative estimate of drug-likeness (QED) is 0.293. The summed E-state index contributed by atoms with van der Waals surface area (Å²) in [6.45, 7) is 6.20. The summed E-state index contributed by atoms with van der Waals surface area (Å²) in [5.41, 5.74) is -1.36. The Bertz CT molecular complexity index is 779. The molecule has 0 saturated carbocycles. The zero-order valence-corrected chi connectivity index (χ0v) is 18.0. The molecule has 156 valence electrons. The highest BCUT2D eigenvalue weighted by atomic mass is 32.2. The standard InChI is InChI=1S/C15H22F3O6PS2/c1-10(2)23-25(19,24-11(3)4)9-22-27(20,21)14-12(15(16,17)18)7-6-8-13(14)26-5/h6-8,10-11H,9H2,1-5H3. The molecular formula is C15H22F3O6PS2. The van der Waals surface area contributed by atoms with Crippen LogP contribution in [0.3, 0.4) is 0 Å². The lowest BCUT2D eigenvalue weighted by atomic mass is 10.2. The van der Waals surface area contributed by atoms with Crippen LogP contribution in [0.15, 0.2) is 28.0 Å². The summed E-state index contributed by atoms with van der Waals surface area (Å²) in [6, 6.07) is 2.97. The van der Waals surface area contributed by atoms with Gasteiger partial charge in [-0.1, -0.05) is 6.07 Å². The summed E-state index contributed by atoms with van der Waals surface area (Å²) in [4.78, 5) is -1.17. The second-order valence-corrected chi connectivity index (χ2v) is 10.3. The van der Waals surface area contributed by atoms with Crippen LogP contribution in [0.25, 0.3) is 0 Å². The molecule has 1 rings (SSSR count). The van der Waals surface area contributed by atoms with Crippen LogP contribution >= 0.6 is 19.4 Å². The highest BCUT2D eigenvalue weighted by molar-refractivity contribution is 7.99. The van der Waals surface area contributed by atoms with Crippen LogP contribution in [0, 0.1) is 0 Å². The van der Waals surface area contributed by atoms with Gasteiger partial charge in [-0.05, 0) is 46.1 Å². The lowest BCUT2D eigenvalue weighted by Crippen LogP contribution is -2.18. The number of alkyl halides is 3. The molecule has 0 atom stereocenters. The predicted octanol–water partition coefficient (Wildman–Crippen LogP) is 5.13. The Balaban J connectivity index is 3.30. The Labute approximate surface area is 161 Å². The van der Waals surface area contributed by atoms with Gasteiger partial charge in [-0.25, -0.2) is 0 Å². The van der Waals surface area contributed by atoms with Crippen molar-refractivity contribution in [2.24, 2.45) is 0 Å². The summed E-state index contributed by atoms with van der Waals surface area (Å²) in [5, 5.41) is 0. The molecule has 1 aromatic rings. The molecule has 27 heavy (non-hydrogen) atoms. The number of thioether (sulfide) groups is 1. The third-order valence-electron chi connectivity index (χ3n) is 2.86. The molecule has 0 fully saturated rings. The summed E-state index contributed by atoms with van der Waals surface area (Å²) >= 11 is 0.817. The van der Waals surface area contributed by atoms with Gasteiger partial charge in [0.15, 0.2) is 6.35 Å². The third kappa shape index (κ3) is 7.07. The molecule has 0 spiro atoms. The fourth-order valence-electron chi connectivity index (χ4n) is 2.08. The minimum Gasteiger partial charge on any atom is -0.304 e. The lowest BCUT2D eigenvalue weighted by Gasteiger charge is -2.23. The number of hydrogen-bond donors (Lipinski definition) is 0. The van der Waals surface area contributed by atoms with E-state index in [4.69, 9.17) is 13.2 Å². The Morgan fingerprint density at radius 1 is 1.11 bits per heavy atom. The third-order valence-corrected chi connectivity index (χ3v) is 7.25. The van der Waals surface area contributed by atoms with E-state index in [1.165, 1.54) is 12.3 Å². The van der Waals surface area contributed by atoms with Crippen LogP contribution in [0.4, 0.5) is 13.2 Å². The normalized spacial score (nSPS) is 13.6. The second-order valence-electron chi connectivity index (χ2n) is 5.96. The topological polar surface area (TPSA) is 78.9 Å². The van der Waals surface area contributed by atoms with Gasteiger partial charge < -0.3 is 9.05 Å². The smallest absolute Gasteiger partial charge is 0.304 e. The van der Waals surface area contributed by atoms with Gasteiger partial charge in [0.05, 0.1) is 17.8 Å². The van der Waals surface area contributed by atoms with Crippen molar-refractivity contribution < 1.29 is 39.4 Å². The molecule has 0 radical (unpaired) electrons. The molecule has 0 aromatic heterocycles. The zero-order valence-electron chi connectivity index (χ0n) is 15.4. The van der Waals surface area contributed by atoms with Crippen LogP contribution in [-0.4, -0.2) is 33.2 Å². The van der Waals surface area contributed by atoms with Crippen molar-refractivity contribution in [3.63, 3.8) is 0 Å². The van der Waals surface area contributed by atoms with E-state index in [1.807, 2.05) is 0 Å². The van der Waals surface area contributed by atoms with Gasteiger partial charge in [0, 0.05) is 4.90 Å². The number of hydrogen-bond acceptors (Lipinski definition) is 7. The van der Waals surface area contributed by atoms with Crippen LogP contribution < -0.4 is 0 Å². The molecule has 0 unspecified atom stereocenters. The largest absolute Gasteiger partial charge is 0.417 e. The molecule has 0 amide bonds. The molecule has 0 aliphatic heterocycles. The summed E-state index contributed by atoms with van der Waals surface area (Å²) in [5.74, 6) is 0. The van der Waals surface area contributed by atoms with Crippen molar-refractivity contribution in [3.05, 3.63) is 23.8 Å². The van der Waals surface area contributed by atoms with Crippen LogP contribution in [0.5, 0.6) is 0 Å². The van der Waals surface area contributed by atoms with Gasteiger partial charge in [-0.15, -0.1) is 11.8 Å². The molecule has 0 N–H and O–H groups in total. The van der Waals surface area contributed by atoms with E-state index in [2.05, 4.69) is 0 Å². The van der Waals surface area contributed by atoms with Gasteiger partial charge in [-0.3, -0.25) is 8.75 Å². The van der Waals surface area contributed by atoms with E-state index < -0.39 is 52.9 Å². The SMILES string of the molecule is CSc1cccc(C(F)(F)F)c1S(=O)(=O)OCP(=O)(OC(C)C)OC(C)C. The maximum atomic E-state index is 13.3. The molecule has 0 aliphatic carbocycles. The lowest BCUT2D eigenvalue weighted by molar-refractivity contribution is -0.140. The molecule has 0 aliphatic rings. The highest BCUT2D eigenvalue weighted by Crippen LogP contribution is 2.51. The van der Waals surface area contributed by atoms with Crippen molar-refractivity contribution in [1.29, 1.82) is 0 Å². The fourth-order valence-corrected chi connectivity index (χ4v) is 6.56. The van der Waals surface area contributed by atoms with Crippen molar-refractivity contribution >= 4 is 29.5 Å². The molecule has 6 nitrogen and oxygen atoms in total. The van der Waals surface area contributed by atoms with Crippen LogP contribution in [0.1, 0.15) is 33.3 Å². The van der Waals surface area contributed by atoms with Crippen molar-refractivity contribution in [2.45, 2.75) is 55.9 Å². The van der Waals surface area contributed by atoms with E-state index in [0.717, 1.165) is 17.8 Å². The molecule has 0 heterocycles. The average Bonchev–Trinajstić information content (AvgIpc) is 2.50. The van der Waals surface area contributed by atoms with E-state index >= 15 is 0 Å². The van der Waals surface area contributed by atoms with Crippen molar-refractivity contribution in [2.75, 3.05) is 12.6 Å². The first kappa shape index (κ1) is 24.5. The number of rotatable bonds is 9. The van der Waals surface area contributed by atoms with Gasteiger partial charge in [0.2, 0.25) is 0 Å². The highest BCUT2D eigenvalue weighted by Gasteiger charge is 2.40. The monoisotopic (exact) mass is 450 g/mol. The summed E-state index contributed by atoms with van der Waals surface area (Å²) < 4.78 is 92.6. The molecule has 1 aromatic carbocycles. The zero-order chi connectivity index (χ0) is 21.0. The fraction of sp³-hybridized carbons (Fsp3) is 0.600. The van der Waals surface area contributed by atoms with E-state index in [-0.39, 0.29) is 4.90 Å².